The number of halogens is 1. The van der Waals surface area contributed by atoms with E-state index in [0.717, 1.165) is 26.9 Å². The van der Waals surface area contributed by atoms with Gasteiger partial charge in [0.15, 0.2) is 0 Å². The highest BCUT2D eigenvalue weighted by Crippen LogP contribution is 2.26. The molecule has 0 heterocycles. The predicted octanol–water partition coefficient (Wildman–Crippen LogP) is 4.37. The van der Waals surface area contributed by atoms with Crippen LogP contribution in [0.1, 0.15) is 23.6 Å². The second-order valence-corrected chi connectivity index (χ2v) is 6.82. The van der Waals surface area contributed by atoms with Gasteiger partial charge < -0.3 is 10.2 Å². The fourth-order valence-electron chi connectivity index (χ4n) is 2.82. The molecule has 5 heteroatoms. The number of amides is 2. The van der Waals surface area contributed by atoms with E-state index in [4.69, 9.17) is 0 Å². The van der Waals surface area contributed by atoms with Crippen LogP contribution in [0.5, 0.6) is 0 Å². The van der Waals surface area contributed by atoms with Crippen LogP contribution in [-0.4, -0.2) is 18.4 Å². The lowest BCUT2D eigenvalue weighted by molar-refractivity contribution is -0.120. The third-order valence-corrected chi connectivity index (χ3v) is 4.24. The SMILES string of the molecule is CC(=O)N(CC(=O)Nc1ccc(Br)cc1)c1c(C)cc(C)cc1C. The summed E-state index contributed by atoms with van der Waals surface area (Å²) in [4.78, 5) is 26.0. The fraction of sp³-hybridized carbons (Fsp3) is 0.263. The molecule has 0 saturated carbocycles. The Kier molecular flexibility index (Phi) is 5.78. The van der Waals surface area contributed by atoms with Crippen molar-refractivity contribution in [1.82, 2.24) is 0 Å². The minimum absolute atomic E-state index is 0.0177. The Morgan fingerprint density at radius 1 is 1.04 bits per heavy atom. The van der Waals surface area contributed by atoms with Crippen LogP contribution in [0.15, 0.2) is 40.9 Å². The number of aryl methyl sites for hydroxylation is 3. The van der Waals surface area contributed by atoms with E-state index < -0.39 is 0 Å². The Morgan fingerprint density at radius 3 is 2.08 bits per heavy atom. The van der Waals surface area contributed by atoms with E-state index in [9.17, 15) is 9.59 Å². The van der Waals surface area contributed by atoms with Crippen molar-refractivity contribution in [2.75, 3.05) is 16.8 Å². The van der Waals surface area contributed by atoms with E-state index in [1.165, 1.54) is 11.8 Å². The molecule has 2 aromatic carbocycles. The first-order chi connectivity index (χ1) is 11.3. The molecule has 0 aliphatic carbocycles. The van der Waals surface area contributed by atoms with Gasteiger partial charge in [-0.3, -0.25) is 9.59 Å². The van der Waals surface area contributed by atoms with Crippen LogP contribution in [0.3, 0.4) is 0 Å². The smallest absolute Gasteiger partial charge is 0.244 e. The number of benzene rings is 2. The van der Waals surface area contributed by atoms with Crippen molar-refractivity contribution in [1.29, 1.82) is 0 Å². The van der Waals surface area contributed by atoms with Crippen molar-refractivity contribution in [3.63, 3.8) is 0 Å². The molecular formula is C19H21BrN2O2. The second kappa shape index (κ2) is 7.62. The van der Waals surface area contributed by atoms with Gasteiger partial charge in [-0.25, -0.2) is 0 Å². The lowest BCUT2D eigenvalue weighted by atomic mass is 10.0. The summed E-state index contributed by atoms with van der Waals surface area (Å²) >= 11 is 3.36. The summed E-state index contributed by atoms with van der Waals surface area (Å²) in [6.45, 7) is 7.39. The Bertz CT molecular complexity index is 746. The molecule has 0 bridgehead atoms. The van der Waals surface area contributed by atoms with Crippen LogP contribution in [0, 0.1) is 20.8 Å². The standard InChI is InChI=1S/C19H21BrN2O2/c1-12-9-13(2)19(14(3)10-12)22(15(4)23)11-18(24)21-17-7-5-16(20)6-8-17/h5-10H,11H2,1-4H3,(H,21,24). The maximum Gasteiger partial charge on any atom is 0.244 e. The molecule has 0 aliphatic heterocycles. The minimum atomic E-state index is -0.230. The highest BCUT2D eigenvalue weighted by atomic mass is 79.9. The molecule has 0 aromatic heterocycles. The van der Waals surface area contributed by atoms with Crippen molar-refractivity contribution in [3.05, 3.63) is 57.6 Å². The molecule has 0 spiro atoms. The van der Waals surface area contributed by atoms with Gasteiger partial charge in [0.1, 0.15) is 6.54 Å². The Morgan fingerprint density at radius 2 is 1.58 bits per heavy atom. The number of hydrogen-bond acceptors (Lipinski definition) is 2. The normalized spacial score (nSPS) is 10.4. The van der Waals surface area contributed by atoms with E-state index in [2.05, 4.69) is 21.2 Å². The first-order valence-corrected chi connectivity index (χ1v) is 8.48. The maximum absolute atomic E-state index is 12.4. The van der Waals surface area contributed by atoms with Crippen molar-refractivity contribution >= 4 is 39.1 Å². The van der Waals surface area contributed by atoms with Gasteiger partial charge in [0, 0.05) is 17.1 Å². The largest absolute Gasteiger partial charge is 0.325 e. The fourth-order valence-corrected chi connectivity index (χ4v) is 3.09. The van der Waals surface area contributed by atoms with E-state index >= 15 is 0 Å². The number of nitrogens with zero attached hydrogens (tertiary/aromatic N) is 1. The van der Waals surface area contributed by atoms with E-state index in [1.54, 1.807) is 0 Å². The molecule has 4 nitrogen and oxygen atoms in total. The quantitative estimate of drug-likeness (QED) is 0.845. The third kappa shape index (κ3) is 4.45. The molecule has 0 radical (unpaired) electrons. The number of carbonyl (C=O) groups excluding carboxylic acids is 2. The lowest BCUT2D eigenvalue weighted by Crippen LogP contribution is -2.37. The highest BCUT2D eigenvalue weighted by Gasteiger charge is 2.19. The first kappa shape index (κ1) is 18.2. The summed E-state index contributed by atoms with van der Waals surface area (Å²) in [7, 11) is 0. The van der Waals surface area contributed by atoms with Gasteiger partial charge in [-0.05, 0) is 56.2 Å². The topological polar surface area (TPSA) is 49.4 Å². The number of carbonyl (C=O) groups is 2. The molecule has 0 aliphatic rings. The molecule has 0 unspecified atom stereocenters. The molecule has 1 N–H and O–H groups in total. The molecule has 0 saturated heterocycles. The van der Waals surface area contributed by atoms with Crippen LogP contribution in [0.2, 0.25) is 0 Å². The maximum atomic E-state index is 12.4. The van der Waals surface area contributed by atoms with Gasteiger partial charge in [0.2, 0.25) is 11.8 Å². The van der Waals surface area contributed by atoms with Crippen molar-refractivity contribution in [3.8, 4) is 0 Å². The molecule has 0 atom stereocenters. The predicted molar refractivity (Wildman–Crippen MR) is 101 cm³/mol. The first-order valence-electron chi connectivity index (χ1n) is 7.69. The van der Waals surface area contributed by atoms with Crippen LogP contribution in [0.4, 0.5) is 11.4 Å². The summed E-state index contributed by atoms with van der Waals surface area (Å²) in [6, 6.07) is 11.4. The van der Waals surface area contributed by atoms with Crippen LogP contribution >= 0.6 is 15.9 Å². The zero-order valence-corrected chi connectivity index (χ0v) is 15.9. The second-order valence-electron chi connectivity index (χ2n) is 5.91. The molecule has 2 amide bonds. The summed E-state index contributed by atoms with van der Waals surface area (Å²) in [6.07, 6.45) is 0. The molecule has 24 heavy (non-hydrogen) atoms. The van der Waals surface area contributed by atoms with Crippen LogP contribution < -0.4 is 10.2 Å². The van der Waals surface area contributed by atoms with E-state index in [-0.39, 0.29) is 18.4 Å². The van der Waals surface area contributed by atoms with Gasteiger partial charge in [-0.2, -0.15) is 0 Å². The number of nitrogens with one attached hydrogen (secondary N) is 1. The van der Waals surface area contributed by atoms with E-state index in [0.29, 0.717) is 5.69 Å². The molecule has 2 rings (SSSR count). The Labute approximate surface area is 151 Å². The minimum Gasteiger partial charge on any atom is -0.325 e. The highest BCUT2D eigenvalue weighted by molar-refractivity contribution is 9.10. The third-order valence-electron chi connectivity index (χ3n) is 3.72. The zero-order valence-electron chi connectivity index (χ0n) is 14.3. The Balaban J connectivity index is 2.21. The van der Waals surface area contributed by atoms with Gasteiger partial charge in [-0.15, -0.1) is 0 Å². The zero-order chi connectivity index (χ0) is 17.9. The van der Waals surface area contributed by atoms with Gasteiger partial charge in [0.05, 0.1) is 5.69 Å². The van der Waals surface area contributed by atoms with Gasteiger partial charge in [0.25, 0.3) is 0 Å². The number of hydrogen-bond donors (Lipinski definition) is 1. The van der Waals surface area contributed by atoms with Crippen molar-refractivity contribution < 1.29 is 9.59 Å². The van der Waals surface area contributed by atoms with Gasteiger partial charge in [-0.1, -0.05) is 33.6 Å². The van der Waals surface area contributed by atoms with Crippen LogP contribution in [0.25, 0.3) is 0 Å². The summed E-state index contributed by atoms with van der Waals surface area (Å²) in [5.41, 5.74) is 4.61. The average molecular weight is 389 g/mol. The summed E-state index contributed by atoms with van der Waals surface area (Å²) < 4.78 is 0.941. The number of rotatable bonds is 4. The van der Waals surface area contributed by atoms with Crippen LogP contribution in [-0.2, 0) is 9.59 Å². The Hall–Kier alpha value is -2.14. The van der Waals surface area contributed by atoms with Crippen molar-refractivity contribution in [2.24, 2.45) is 0 Å². The molecule has 2 aromatic rings. The molecule has 126 valence electrons. The van der Waals surface area contributed by atoms with E-state index in [1.807, 2.05) is 57.2 Å². The average Bonchev–Trinajstić information content (AvgIpc) is 2.47. The monoisotopic (exact) mass is 388 g/mol. The van der Waals surface area contributed by atoms with Crippen molar-refractivity contribution in [2.45, 2.75) is 27.7 Å². The lowest BCUT2D eigenvalue weighted by Gasteiger charge is -2.25. The molecule has 0 fully saturated rings. The summed E-state index contributed by atoms with van der Waals surface area (Å²) in [5, 5.41) is 2.82. The molecular weight excluding hydrogens is 368 g/mol. The number of anilines is 2. The van der Waals surface area contributed by atoms with Gasteiger partial charge >= 0.3 is 0 Å². The summed E-state index contributed by atoms with van der Waals surface area (Å²) in [5.74, 6) is -0.386.